The van der Waals surface area contributed by atoms with Gasteiger partial charge in [-0.2, -0.15) is 0 Å². The van der Waals surface area contributed by atoms with Crippen LogP contribution in [-0.2, 0) is 19.1 Å². The van der Waals surface area contributed by atoms with Gasteiger partial charge < -0.3 is 14.6 Å². The fourth-order valence-corrected chi connectivity index (χ4v) is 9.57. The van der Waals surface area contributed by atoms with Crippen molar-refractivity contribution in [3.63, 3.8) is 0 Å². The van der Waals surface area contributed by atoms with Gasteiger partial charge in [-0.25, -0.2) is 0 Å². The molecule has 0 aromatic rings. The van der Waals surface area contributed by atoms with Gasteiger partial charge in [0.15, 0.2) is 6.10 Å². The Hall–Kier alpha value is -4.22. The molecule has 466 valence electrons. The summed E-state index contributed by atoms with van der Waals surface area (Å²) in [5.41, 5.74) is 0. The lowest BCUT2D eigenvalue weighted by atomic mass is 10.0. The summed E-state index contributed by atoms with van der Waals surface area (Å²) in [5.74, 6) is -0.597. The number of ether oxygens (including phenoxy) is 2. The van der Waals surface area contributed by atoms with Gasteiger partial charge in [0.2, 0.25) is 0 Å². The Morgan fingerprint density at radius 2 is 0.488 bits per heavy atom. The van der Waals surface area contributed by atoms with Crippen molar-refractivity contribution >= 4 is 11.9 Å². The lowest BCUT2D eigenvalue weighted by Crippen LogP contribution is -2.28. The first-order valence-electron chi connectivity index (χ1n) is 34.4. The molecule has 82 heavy (non-hydrogen) atoms. The first kappa shape index (κ1) is 77.8. The van der Waals surface area contributed by atoms with Crippen LogP contribution in [0, 0.1) is 0 Å². The Bertz CT molecular complexity index is 1710. The van der Waals surface area contributed by atoms with E-state index in [9.17, 15) is 14.7 Å². The maximum absolute atomic E-state index is 12.4. The van der Waals surface area contributed by atoms with E-state index in [4.69, 9.17) is 9.47 Å². The first-order valence-corrected chi connectivity index (χ1v) is 34.4. The van der Waals surface area contributed by atoms with Crippen LogP contribution in [0.3, 0.4) is 0 Å². The minimum absolute atomic E-state index is 0.0739. The summed E-state index contributed by atoms with van der Waals surface area (Å²) < 4.78 is 10.8. The summed E-state index contributed by atoms with van der Waals surface area (Å²) in [7, 11) is 0. The molecule has 1 atom stereocenters. The van der Waals surface area contributed by atoms with Crippen LogP contribution in [0.1, 0.15) is 309 Å². The molecule has 1 N–H and O–H groups in total. The average molecular weight is 1130 g/mol. The lowest BCUT2D eigenvalue weighted by molar-refractivity contribution is -0.161. The van der Waals surface area contributed by atoms with Gasteiger partial charge in [0, 0.05) is 12.8 Å². The Morgan fingerprint density at radius 3 is 0.732 bits per heavy atom. The van der Waals surface area contributed by atoms with Crippen LogP contribution in [0.2, 0.25) is 0 Å². The molecule has 0 aliphatic rings. The highest BCUT2D eigenvalue weighted by Crippen LogP contribution is 2.17. The van der Waals surface area contributed by atoms with Gasteiger partial charge in [-0.3, -0.25) is 9.59 Å². The standard InChI is InChI=1S/C77H128O5/c1-3-5-7-9-11-13-15-17-19-21-23-25-27-29-31-33-35-37-38-40-41-43-45-47-49-51-53-55-57-59-61-63-65-67-69-71-76(79)81-74-75(73-78)82-77(80)72-70-68-66-64-62-60-58-56-54-52-50-48-46-44-42-39-36-34-32-30-28-26-24-22-20-18-16-14-12-10-8-6-4-2/h5-8,11-14,17-20,23-26,30,32,36,39,44,46,50,52,75,78H,3-4,9-10,15-16,21-22,27-29,31,33-35,37-38,40-43,45,47-49,51,53-74H2,1-2H3/b7-5-,8-6-,13-11-,14-12-,19-17-,20-18-,25-23-,26-24-,32-30-,39-36-,46-44-,52-50-. The van der Waals surface area contributed by atoms with Gasteiger partial charge in [-0.05, 0) is 116 Å². The molecule has 0 aromatic heterocycles. The second-order valence-electron chi connectivity index (χ2n) is 22.5. The fraction of sp³-hybridized carbons (Fsp3) is 0.662. The van der Waals surface area contributed by atoms with Crippen LogP contribution in [-0.4, -0.2) is 36.4 Å². The van der Waals surface area contributed by atoms with Crippen LogP contribution in [0.4, 0.5) is 0 Å². The van der Waals surface area contributed by atoms with E-state index in [0.29, 0.717) is 12.8 Å². The molecular weight excluding hydrogens is 1000 g/mol. The van der Waals surface area contributed by atoms with Gasteiger partial charge in [0.25, 0.3) is 0 Å². The van der Waals surface area contributed by atoms with Crippen LogP contribution < -0.4 is 0 Å². The van der Waals surface area contributed by atoms with Crippen LogP contribution in [0.25, 0.3) is 0 Å². The lowest BCUT2D eigenvalue weighted by Gasteiger charge is -2.15. The van der Waals surface area contributed by atoms with Gasteiger partial charge in [0.05, 0.1) is 6.61 Å². The first-order chi connectivity index (χ1) is 40.6. The maximum Gasteiger partial charge on any atom is 0.306 e. The summed E-state index contributed by atoms with van der Waals surface area (Å²) in [6, 6.07) is 0. The number of aliphatic hydroxyl groups is 1. The molecule has 1 unspecified atom stereocenters. The van der Waals surface area contributed by atoms with Gasteiger partial charge >= 0.3 is 11.9 Å². The molecule has 0 saturated heterocycles. The Balaban J connectivity index is 3.50. The molecule has 0 aromatic carbocycles. The Morgan fingerprint density at radius 1 is 0.280 bits per heavy atom. The average Bonchev–Trinajstić information content (AvgIpc) is 3.49. The normalized spacial score (nSPS) is 13.2. The molecule has 0 bridgehead atoms. The minimum Gasteiger partial charge on any atom is -0.462 e. The number of hydrogen-bond acceptors (Lipinski definition) is 5. The molecule has 0 radical (unpaired) electrons. The summed E-state index contributed by atoms with van der Waals surface area (Å²) in [5, 5.41) is 9.70. The predicted octanol–water partition coefficient (Wildman–Crippen LogP) is 24.1. The van der Waals surface area contributed by atoms with Crippen LogP contribution >= 0.6 is 0 Å². The van der Waals surface area contributed by atoms with Crippen LogP contribution in [0.5, 0.6) is 0 Å². The SMILES string of the molecule is CC/C=C\C/C=C\C/C=C\C/C=C\C/C=C\C/C=C\C/C=C\C/C=C\CCCCCCCCCCC(=O)OC(CO)COC(=O)CCCCCCCCCCCCCCCCCCCCCCCC/C=C\C/C=C\C/C=C\C/C=C\CC. The van der Waals surface area contributed by atoms with E-state index in [-0.39, 0.29) is 25.2 Å². The number of esters is 2. The smallest absolute Gasteiger partial charge is 0.306 e. The molecule has 0 amide bonds. The molecule has 5 nitrogen and oxygen atoms in total. The van der Waals surface area contributed by atoms with Gasteiger partial charge in [-0.1, -0.05) is 327 Å². The van der Waals surface area contributed by atoms with Crippen molar-refractivity contribution in [2.24, 2.45) is 0 Å². The van der Waals surface area contributed by atoms with Crippen LogP contribution in [0.15, 0.2) is 146 Å². The minimum atomic E-state index is -0.786. The second kappa shape index (κ2) is 71.0. The quantitative estimate of drug-likeness (QED) is 0.0373. The number of aliphatic hydroxyl groups excluding tert-OH is 1. The molecule has 0 rings (SSSR count). The summed E-state index contributed by atoms with van der Waals surface area (Å²) in [4.78, 5) is 24.7. The number of unbranched alkanes of at least 4 members (excludes halogenated alkanes) is 30. The number of allylic oxidation sites excluding steroid dienone is 24. The topological polar surface area (TPSA) is 72.8 Å². The number of hydrogen-bond donors (Lipinski definition) is 1. The highest BCUT2D eigenvalue weighted by Gasteiger charge is 2.16. The predicted molar refractivity (Wildman–Crippen MR) is 361 cm³/mol. The Kier molecular flexibility index (Phi) is 67.4. The molecular formula is C77H128O5. The zero-order valence-electron chi connectivity index (χ0n) is 53.5. The van der Waals surface area contributed by atoms with E-state index in [0.717, 1.165) is 122 Å². The molecule has 0 fully saturated rings. The molecule has 0 aliphatic carbocycles. The third kappa shape index (κ3) is 68.3. The van der Waals surface area contributed by atoms with Crippen molar-refractivity contribution < 1.29 is 24.2 Å². The van der Waals surface area contributed by atoms with Crippen molar-refractivity contribution in [1.82, 2.24) is 0 Å². The van der Waals surface area contributed by atoms with E-state index >= 15 is 0 Å². The zero-order valence-corrected chi connectivity index (χ0v) is 53.5. The number of carbonyl (C=O) groups excluding carboxylic acids is 2. The van der Waals surface area contributed by atoms with E-state index in [1.165, 1.54) is 161 Å². The van der Waals surface area contributed by atoms with Crippen molar-refractivity contribution in [1.29, 1.82) is 0 Å². The van der Waals surface area contributed by atoms with Crippen molar-refractivity contribution in [2.45, 2.75) is 315 Å². The molecule has 0 aliphatic heterocycles. The van der Waals surface area contributed by atoms with Gasteiger partial charge in [0.1, 0.15) is 6.61 Å². The van der Waals surface area contributed by atoms with E-state index in [2.05, 4.69) is 160 Å². The third-order valence-electron chi connectivity index (χ3n) is 14.6. The van der Waals surface area contributed by atoms with E-state index in [1.807, 2.05) is 0 Å². The highest BCUT2D eigenvalue weighted by atomic mass is 16.6. The van der Waals surface area contributed by atoms with Gasteiger partial charge in [-0.15, -0.1) is 0 Å². The van der Waals surface area contributed by atoms with Crippen molar-refractivity contribution in [3.8, 4) is 0 Å². The molecule has 5 heteroatoms. The van der Waals surface area contributed by atoms with E-state index < -0.39 is 6.10 Å². The Labute approximate surface area is 508 Å². The molecule has 0 spiro atoms. The largest absolute Gasteiger partial charge is 0.462 e. The monoisotopic (exact) mass is 1130 g/mol. The molecule has 0 saturated carbocycles. The summed E-state index contributed by atoms with van der Waals surface area (Å²) >= 11 is 0. The zero-order chi connectivity index (χ0) is 59.1. The van der Waals surface area contributed by atoms with Crippen molar-refractivity contribution in [2.75, 3.05) is 13.2 Å². The van der Waals surface area contributed by atoms with E-state index in [1.54, 1.807) is 0 Å². The number of carbonyl (C=O) groups is 2. The highest BCUT2D eigenvalue weighted by molar-refractivity contribution is 5.70. The molecule has 0 heterocycles. The third-order valence-corrected chi connectivity index (χ3v) is 14.6. The summed E-state index contributed by atoms with van der Waals surface area (Å²) in [6.45, 7) is 3.93. The maximum atomic E-state index is 12.4. The summed E-state index contributed by atoms with van der Waals surface area (Å²) in [6.07, 6.45) is 107. The van der Waals surface area contributed by atoms with Crippen molar-refractivity contribution in [3.05, 3.63) is 146 Å². The second-order valence-corrected chi connectivity index (χ2v) is 22.5. The number of rotatable bonds is 62. The fourth-order valence-electron chi connectivity index (χ4n) is 9.57.